The fourth-order valence-corrected chi connectivity index (χ4v) is 2.17. The number of hydrogen-bond acceptors (Lipinski definition) is 3. The number of nitrogens with zero attached hydrogens (tertiary/aromatic N) is 2. The molecule has 0 spiro atoms. The number of fused-ring (bicyclic) bond motifs is 1. The average molecular weight is 215 g/mol. The third kappa shape index (κ3) is 1.58. The summed E-state index contributed by atoms with van der Waals surface area (Å²) in [6.45, 7) is 2.12. The van der Waals surface area contributed by atoms with Gasteiger partial charge in [-0.15, -0.1) is 0 Å². The standard InChI is InChI=1S/C13H17N3/c1-9-8-11-10(6-5-7-15-11)12(14-2)13(9)16(3)4/h5-8,14H,1-4H3. The lowest BCUT2D eigenvalue weighted by Gasteiger charge is -2.21. The number of aromatic nitrogens is 1. The van der Waals surface area contributed by atoms with Gasteiger partial charge in [0, 0.05) is 32.7 Å². The first kappa shape index (κ1) is 10.7. The summed E-state index contributed by atoms with van der Waals surface area (Å²) in [5.74, 6) is 0. The molecule has 0 unspecified atom stereocenters. The minimum atomic E-state index is 1.04. The molecule has 1 N–H and O–H groups in total. The maximum atomic E-state index is 4.39. The molecule has 0 saturated carbocycles. The molecule has 1 heterocycles. The fraction of sp³-hybridized carbons (Fsp3) is 0.308. The average Bonchev–Trinajstić information content (AvgIpc) is 2.26. The number of rotatable bonds is 2. The van der Waals surface area contributed by atoms with Crippen LogP contribution >= 0.6 is 0 Å². The maximum Gasteiger partial charge on any atom is 0.0726 e. The van der Waals surface area contributed by atoms with Crippen LogP contribution in [-0.2, 0) is 0 Å². The molecule has 0 aliphatic rings. The van der Waals surface area contributed by atoms with Crippen LogP contribution in [0.2, 0.25) is 0 Å². The van der Waals surface area contributed by atoms with E-state index in [9.17, 15) is 0 Å². The van der Waals surface area contributed by atoms with E-state index in [4.69, 9.17) is 0 Å². The molecule has 0 amide bonds. The zero-order chi connectivity index (χ0) is 11.7. The summed E-state index contributed by atoms with van der Waals surface area (Å²) >= 11 is 0. The largest absolute Gasteiger partial charge is 0.386 e. The van der Waals surface area contributed by atoms with Crippen LogP contribution in [0.3, 0.4) is 0 Å². The van der Waals surface area contributed by atoms with Gasteiger partial charge in [0.15, 0.2) is 0 Å². The van der Waals surface area contributed by atoms with Gasteiger partial charge in [-0.25, -0.2) is 0 Å². The number of hydrogen-bond donors (Lipinski definition) is 1. The number of aryl methyl sites for hydroxylation is 1. The minimum absolute atomic E-state index is 1.04. The van der Waals surface area contributed by atoms with Gasteiger partial charge in [0.05, 0.1) is 16.9 Å². The molecule has 0 atom stereocenters. The fourth-order valence-electron chi connectivity index (χ4n) is 2.17. The van der Waals surface area contributed by atoms with Gasteiger partial charge in [-0.2, -0.15) is 0 Å². The smallest absolute Gasteiger partial charge is 0.0726 e. The molecule has 0 saturated heterocycles. The van der Waals surface area contributed by atoms with E-state index < -0.39 is 0 Å². The highest BCUT2D eigenvalue weighted by molar-refractivity contribution is 5.99. The highest BCUT2D eigenvalue weighted by Gasteiger charge is 2.11. The van der Waals surface area contributed by atoms with Crippen LogP contribution in [-0.4, -0.2) is 26.1 Å². The van der Waals surface area contributed by atoms with Crippen LogP contribution in [0.1, 0.15) is 5.56 Å². The summed E-state index contributed by atoms with van der Waals surface area (Å²) in [6, 6.07) is 6.20. The Labute approximate surface area is 96.1 Å². The summed E-state index contributed by atoms with van der Waals surface area (Å²) in [5, 5.41) is 4.45. The Hall–Kier alpha value is -1.77. The SMILES string of the molecule is CNc1c(N(C)C)c(C)cc2ncccc12. The van der Waals surface area contributed by atoms with Crippen LogP contribution in [0.4, 0.5) is 11.4 Å². The topological polar surface area (TPSA) is 28.2 Å². The Morgan fingerprint density at radius 1 is 1.31 bits per heavy atom. The maximum absolute atomic E-state index is 4.39. The molecule has 0 radical (unpaired) electrons. The predicted molar refractivity (Wildman–Crippen MR) is 70.4 cm³/mol. The first-order valence-electron chi connectivity index (χ1n) is 5.38. The van der Waals surface area contributed by atoms with Gasteiger partial charge in [0.2, 0.25) is 0 Å². The van der Waals surface area contributed by atoms with Gasteiger partial charge in [0.1, 0.15) is 0 Å². The molecule has 0 aliphatic carbocycles. The number of nitrogens with one attached hydrogen (secondary N) is 1. The zero-order valence-electron chi connectivity index (χ0n) is 10.2. The van der Waals surface area contributed by atoms with Crippen LogP contribution in [0.25, 0.3) is 10.9 Å². The summed E-state index contributed by atoms with van der Waals surface area (Å²) < 4.78 is 0. The van der Waals surface area contributed by atoms with Gasteiger partial charge >= 0.3 is 0 Å². The predicted octanol–water partition coefficient (Wildman–Crippen LogP) is 2.65. The third-order valence-electron chi connectivity index (χ3n) is 2.77. The lowest BCUT2D eigenvalue weighted by molar-refractivity contribution is 1.12. The first-order valence-corrected chi connectivity index (χ1v) is 5.38. The van der Waals surface area contributed by atoms with E-state index in [1.54, 1.807) is 0 Å². The molecule has 3 heteroatoms. The van der Waals surface area contributed by atoms with Crippen LogP contribution in [0, 0.1) is 6.92 Å². The third-order valence-corrected chi connectivity index (χ3v) is 2.77. The molecular weight excluding hydrogens is 198 g/mol. The Balaban J connectivity index is 2.85. The lowest BCUT2D eigenvalue weighted by Crippen LogP contribution is -2.13. The van der Waals surface area contributed by atoms with Crippen molar-refractivity contribution in [2.75, 3.05) is 31.4 Å². The van der Waals surface area contributed by atoms with E-state index in [0.717, 1.165) is 11.2 Å². The highest BCUT2D eigenvalue weighted by atomic mass is 15.1. The Bertz CT molecular complexity index is 518. The van der Waals surface area contributed by atoms with Gasteiger partial charge in [-0.3, -0.25) is 4.98 Å². The van der Waals surface area contributed by atoms with Crippen molar-refractivity contribution >= 4 is 22.3 Å². The van der Waals surface area contributed by atoms with E-state index in [-0.39, 0.29) is 0 Å². The van der Waals surface area contributed by atoms with Crippen molar-refractivity contribution in [1.82, 2.24) is 4.98 Å². The molecule has 84 valence electrons. The molecule has 2 aromatic rings. The second-order valence-electron chi connectivity index (χ2n) is 4.13. The van der Waals surface area contributed by atoms with Crippen molar-refractivity contribution in [1.29, 1.82) is 0 Å². The van der Waals surface area contributed by atoms with Crippen LogP contribution in [0.5, 0.6) is 0 Å². The van der Waals surface area contributed by atoms with Gasteiger partial charge in [0.25, 0.3) is 0 Å². The molecule has 0 aliphatic heterocycles. The van der Waals surface area contributed by atoms with Gasteiger partial charge in [-0.1, -0.05) is 0 Å². The first-order chi connectivity index (χ1) is 7.65. The second kappa shape index (κ2) is 4.00. The summed E-state index contributed by atoms with van der Waals surface area (Å²) in [4.78, 5) is 6.53. The van der Waals surface area contributed by atoms with Crippen molar-refractivity contribution in [2.24, 2.45) is 0 Å². The van der Waals surface area contributed by atoms with Crippen molar-refractivity contribution in [2.45, 2.75) is 6.92 Å². The summed E-state index contributed by atoms with van der Waals surface area (Å²) in [7, 11) is 6.07. The normalized spacial score (nSPS) is 10.5. The second-order valence-corrected chi connectivity index (χ2v) is 4.13. The molecular formula is C13H17N3. The molecule has 1 aromatic carbocycles. The van der Waals surface area contributed by atoms with Crippen LogP contribution in [0.15, 0.2) is 24.4 Å². The Morgan fingerprint density at radius 3 is 2.69 bits per heavy atom. The molecule has 2 rings (SSSR count). The van der Waals surface area contributed by atoms with E-state index in [1.165, 1.54) is 16.6 Å². The quantitative estimate of drug-likeness (QED) is 0.834. The van der Waals surface area contributed by atoms with E-state index in [1.807, 2.05) is 19.3 Å². The van der Waals surface area contributed by atoms with Crippen molar-refractivity contribution in [3.8, 4) is 0 Å². The molecule has 3 nitrogen and oxygen atoms in total. The van der Waals surface area contributed by atoms with Crippen molar-refractivity contribution < 1.29 is 0 Å². The molecule has 0 bridgehead atoms. The number of anilines is 2. The highest BCUT2D eigenvalue weighted by Crippen LogP contribution is 2.34. The van der Waals surface area contributed by atoms with Crippen molar-refractivity contribution in [3.63, 3.8) is 0 Å². The van der Waals surface area contributed by atoms with Gasteiger partial charge < -0.3 is 10.2 Å². The zero-order valence-corrected chi connectivity index (χ0v) is 10.2. The number of pyridine rings is 1. The van der Waals surface area contributed by atoms with E-state index in [0.29, 0.717) is 0 Å². The minimum Gasteiger partial charge on any atom is -0.386 e. The Morgan fingerprint density at radius 2 is 2.06 bits per heavy atom. The summed E-state index contributed by atoms with van der Waals surface area (Å²) in [5.41, 5.74) is 4.65. The Kier molecular flexibility index (Phi) is 2.69. The van der Waals surface area contributed by atoms with E-state index in [2.05, 4.69) is 48.4 Å². The number of benzene rings is 1. The van der Waals surface area contributed by atoms with Crippen molar-refractivity contribution in [3.05, 3.63) is 30.0 Å². The summed E-state index contributed by atoms with van der Waals surface area (Å²) in [6.07, 6.45) is 1.83. The molecule has 0 fully saturated rings. The van der Waals surface area contributed by atoms with Gasteiger partial charge in [-0.05, 0) is 30.7 Å². The van der Waals surface area contributed by atoms with E-state index >= 15 is 0 Å². The monoisotopic (exact) mass is 215 g/mol. The lowest BCUT2D eigenvalue weighted by atomic mass is 10.1. The van der Waals surface area contributed by atoms with Crippen LogP contribution < -0.4 is 10.2 Å². The molecule has 16 heavy (non-hydrogen) atoms. The molecule has 1 aromatic heterocycles.